The largest absolute Gasteiger partial charge is 0.439 e. The van der Waals surface area contributed by atoms with Crippen LogP contribution in [0.3, 0.4) is 0 Å². The molecule has 0 unspecified atom stereocenters. The van der Waals surface area contributed by atoms with E-state index in [1.807, 2.05) is 54.6 Å². The van der Waals surface area contributed by atoms with Gasteiger partial charge in [0.05, 0.1) is 23.3 Å². The second-order valence-electron chi connectivity index (χ2n) is 8.90. The number of aromatic nitrogens is 3. The number of aromatic amines is 2. The van der Waals surface area contributed by atoms with E-state index in [9.17, 15) is 14.4 Å². The number of hydrogen-bond acceptors (Lipinski definition) is 5. The van der Waals surface area contributed by atoms with Crippen LogP contribution in [0.2, 0.25) is 0 Å². The normalized spacial score (nSPS) is 11.1. The van der Waals surface area contributed by atoms with Crippen LogP contribution in [0.5, 0.6) is 0 Å². The molecule has 0 fully saturated rings. The summed E-state index contributed by atoms with van der Waals surface area (Å²) in [7, 11) is 0. The Balaban J connectivity index is 1.24. The molecule has 0 spiro atoms. The van der Waals surface area contributed by atoms with Crippen LogP contribution in [0, 0.1) is 0 Å². The summed E-state index contributed by atoms with van der Waals surface area (Å²) in [5.74, 6) is -1.09. The number of carbonyl (C=O) groups excluding carboxylic acids is 2. The summed E-state index contributed by atoms with van der Waals surface area (Å²) in [6, 6.07) is 26.2. The first-order valence-corrected chi connectivity index (χ1v) is 12.8. The van der Waals surface area contributed by atoms with Crippen LogP contribution >= 0.6 is 15.9 Å². The molecule has 0 aliphatic carbocycles. The molecular formula is C29H20BrN5O4. The monoisotopic (exact) mass is 581 g/mol. The molecule has 192 valence electrons. The Morgan fingerprint density at radius 1 is 0.846 bits per heavy atom. The van der Waals surface area contributed by atoms with Gasteiger partial charge in [-0.25, -0.2) is 4.79 Å². The van der Waals surface area contributed by atoms with Gasteiger partial charge in [0.25, 0.3) is 5.91 Å². The lowest BCUT2D eigenvalue weighted by Gasteiger charge is -2.09. The Hall–Kier alpha value is -4.96. The Morgan fingerprint density at radius 3 is 2.49 bits per heavy atom. The zero-order chi connectivity index (χ0) is 26.9. The number of nitrogens with zero attached hydrogens (tertiary/aromatic N) is 1. The molecular weight excluding hydrogens is 562 g/mol. The summed E-state index contributed by atoms with van der Waals surface area (Å²) in [6.07, 6.45) is 0.211. The van der Waals surface area contributed by atoms with Gasteiger partial charge in [0, 0.05) is 15.4 Å². The van der Waals surface area contributed by atoms with Crippen LogP contribution in [0.15, 0.2) is 98.7 Å². The Labute approximate surface area is 229 Å². The molecule has 0 aliphatic rings. The van der Waals surface area contributed by atoms with Gasteiger partial charge in [-0.2, -0.15) is 0 Å². The van der Waals surface area contributed by atoms with Crippen molar-refractivity contribution in [3.8, 4) is 11.4 Å². The third-order valence-electron chi connectivity index (χ3n) is 6.33. The molecule has 6 rings (SSSR count). The van der Waals surface area contributed by atoms with Gasteiger partial charge in [0.2, 0.25) is 5.91 Å². The third kappa shape index (κ3) is 4.97. The van der Waals surface area contributed by atoms with Gasteiger partial charge in [-0.3, -0.25) is 19.1 Å². The van der Waals surface area contributed by atoms with Gasteiger partial charge >= 0.3 is 5.76 Å². The predicted octanol–water partition coefficient (Wildman–Crippen LogP) is 5.86. The summed E-state index contributed by atoms with van der Waals surface area (Å²) in [5, 5.41) is 12.4. The number of halogens is 1. The highest BCUT2D eigenvalue weighted by atomic mass is 79.9. The number of fused-ring (bicyclic) bond motifs is 2. The van der Waals surface area contributed by atoms with Crippen molar-refractivity contribution in [3.05, 3.63) is 111 Å². The van der Waals surface area contributed by atoms with E-state index in [4.69, 9.17) is 0 Å². The lowest BCUT2D eigenvalue weighted by Crippen LogP contribution is -2.15. The zero-order valence-electron chi connectivity index (χ0n) is 20.2. The number of para-hydroxylation sites is 1. The van der Waals surface area contributed by atoms with Crippen LogP contribution in [0.4, 0.5) is 11.4 Å². The standard InChI is InChI=1S/C29H20BrN5O4/c30-19-11-12-22(21(15-19)27-34-29(38)39-35-27)33-28(37)24-13-18-8-4-10-23(26(18)32-24)31-25(36)14-17-7-3-6-16-5-1-2-9-20(16)17/h1-13,15,32H,14H2,(H,31,36)(H,33,37)(H,34,35,38). The molecule has 2 aromatic heterocycles. The summed E-state index contributed by atoms with van der Waals surface area (Å²) in [4.78, 5) is 43.3. The van der Waals surface area contributed by atoms with Gasteiger partial charge in [0.15, 0.2) is 5.82 Å². The Morgan fingerprint density at radius 2 is 1.64 bits per heavy atom. The van der Waals surface area contributed by atoms with Crippen molar-refractivity contribution >= 4 is 60.8 Å². The number of amides is 2. The van der Waals surface area contributed by atoms with E-state index in [0.29, 0.717) is 28.1 Å². The van der Waals surface area contributed by atoms with Crippen LogP contribution < -0.4 is 16.4 Å². The second kappa shape index (κ2) is 10.1. The maximum atomic E-state index is 13.2. The van der Waals surface area contributed by atoms with Crippen LogP contribution in [-0.4, -0.2) is 26.9 Å². The van der Waals surface area contributed by atoms with E-state index in [1.54, 1.807) is 30.3 Å². The van der Waals surface area contributed by atoms with E-state index in [1.165, 1.54) is 0 Å². The second-order valence-corrected chi connectivity index (χ2v) is 9.82. The van der Waals surface area contributed by atoms with Crippen molar-refractivity contribution < 1.29 is 14.1 Å². The molecule has 4 N–H and O–H groups in total. The third-order valence-corrected chi connectivity index (χ3v) is 6.82. The lowest BCUT2D eigenvalue weighted by atomic mass is 10.0. The molecule has 0 atom stereocenters. The van der Waals surface area contributed by atoms with Crippen molar-refractivity contribution in [2.24, 2.45) is 0 Å². The number of hydrogen-bond donors (Lipinski definition) is 4. The maximum Gasteiger partial charge on any atom is 0.439 e. The van der Waals surface area contributed by atoms with Crippen molar-refractivity contribution in [3.63, 3.8) is 0 Å². The van der Waals surface area contributed by atoms with Gasteiger partial charge in [0.1, 0.15) is 5.69 Å². The minimum Gasteiger partial charge on any atom is -0.349 e. The van der Waals surface area contributed by atoms with E-state index >= 15 is 0 Å². The minimum atomic E-state index is -0.701. The van der Waals surface area contributed by atoms with Crippen molar-refractivity contribution in [1.82, 2.24) is 15.1 Å². The van der Waals surface area contributed by atoms with Crippen molar-refractivity contribution in [2.45, 2.75) is 6.42 Å². The Kier molecular flexibility index (Phi) is 6.29. The number of H-pyrrole nitrogens is 2. The van der Waals surface area contributed by atoms with Crippen molar-refractivity contribution in [1.29, 1.82) is 0 Å². The highest BCUT2D eigenvalue weighted by Gasteiger charge is 2.17. The summed E-state index contributed by atoms with van der Waals surface area (Å²) in [5.41, 5.74) is 3.33. The molecule has 6 aromatic rings. The molecule has 0 saturated carbocycles. The van der Waals surface area contributed by atoms with E-state index < -0.39 is 11.7 Å². The summed E-state index contributed by atoms with van der Waals surface area (Å²) in [6.45, 7) is 0. The zero-order valence-corrected chi connectivity index (χ0v) is 21.8. The molecule has 2 amide bonds. The number of carbonyl (C=O) groups is 2. The van der Waals surface area contributed by atoms with Crippen LogP contribution in [0.1, 0.15) is 16.1 Å². The summed E-state index contributed by atoms with van der Waals surface area (Å²) >= 11 is 3.39. The van der Waals surface area contributed by atoms with Gasteiger partial charge in [-0.1, -0.05) is 75.7 Å². The fourth-order valence-electron chi connectivity index (χ4n) is 4.55. The number of rotatable bonds is 6. The Bertz CT molecular complexity index is 1930. The molecule has 39 heavy (non-hydrogen) atoms. The number of anilines is 2. The van der Waals surface area contributed by atoms with Crippen LogP contribution in [0.25, 0.3) is 33.1 Å². The van der Waals surface area contributed by atoms with Crippen LogP contribution in [-0.2, 0) is 11.2 Å². The number of benzene rings is 4. The SMILES string of the molecule is O=C(Cc1cccc2ccccc12)Nc1cccc2cc(C(=O)Nc3ccc(Br)cc3-c3noc(=O)[nH]3)[nH]c12. The fraction of sp³-hybridized carbons (Fsp3) is 0.0345. The van der Waals surface area contributed by atoms with Gasteiger partial charge in [-0.05, 0) is 46.7 Å². The molecule has 9 nitrogen and oxygen atoms in total. The average molecular weight is 582 g/mol. The first kappa shape index (κ1) is 24.4. The van der Waals surface area contributed by atoms with E-state index in [-0.39, 0.29) is 18.2 Å². The van der Waals surface area contributed by atoms with Crippen molar-refractivity contribution in [2.75, 3.05) is 10.6 Å². The predicted molar refractivity (Wildman–Crippen MR) is 153 cm³/mol. The lowest BCUT2D eigenvalue weighted by molar-refractivity contribution is -0.115. The fourth-order valence-corrected chi connectivity index (χ4v) is 4.91. The molecule has 0 radical (unpaired) electrons. The number of nitrogens with one attached hydrogen (secondary N) is 4. The first-order chi connectivity index (χ1) is 18.9. The van der Waals surface area contributed by atoms with E-state index in [0.717, 1.165) is 26.2 Å². The average Bonchev–Trinajstić information content (AvgIpc) is 3.57. The highest BCUT2D eigenvalue weighted by molar-refractivity contribution is 9.10. The first-order valence-electron chi connectivity index (χ1n) is 12.0. The molecule has 10 heteroatoms. The molecule has 2 heterocycles. The minimum absolute atomic E-state index is 0.166. The summed E-state index contributed by atoms with van der Waals surface area (Å²) < 4.78 is 5.35. The van der Waals surface area contributed by atoms with Gasteiger partial charge < -0.3 is 15.6 Å². The quantitative estimate of drug-likeness (QED) is 0.195. The molecule has 0 saturated heterocycles. The molecule has 0 bridgehead atoms. The highest BCUT2D eigenvalue weighted by Crippen LogP contribution is 2.30. The van der Waals surface area contributed by atoms with Gasteiger partial charge in [-0.15, -0.1) is 0 Å². The molecule has 0 aliphatic heterocycles. The topological polar surface area (TPSA) is 133 Å². The maximum absolute atomic E-state index is 13.2. The molecule has 4 aromatic carbocycles. The van der Waals surface area contributed by atoms with E-state index in [2.05, 4.69) is 46.2 Å². The smallest absolute Gasteiger partial charge is 0.349 e.